The van der Waals surface area contributed by atoms with Gasteiger partial charge >= 0.3 is 6.18 Å². The van der Waals surface area contributed by atoms with E-state index in [4.69, 9.17) is 4.98 Å². The molecule has 2 aromatic rings. The van der Waals surface area contributed by atoms with E-state index in [1.807, 2.05) is 0 Å². The number of carbonyl (C=O) groups excluding carboxylic acids is 2. The molecule has 6 rings (SSSR count). The number of alkyl halides is 5. The molecule has 4 saturated carbocycles. The lowest BCUT2D eigenvalue weighted by atomic mass is 9.79. The van der Waals surface area contributed by atoms with Crippen molar-refractivity contribution in [2.75, 3.05) is 0 Å². The maximum atomic E-state index is 14.0. The Hall–Kier alpha value is -2.79. The molecule has 2 aromatic heterocycles. The summed E-state index contributed by atoms with van der Waals surface area (Å²) < 4.78 is 67.2. The molecule has 4 aliphatic rings. The van der Waals surface area contributed by atoms with Gasteiger partial charge in [-0.3, -0.25) is 9.59 Å². The zero-order valence-corrected chi connectivity index (χ0v) is 22.2. The Morgan fingerprint density at radius 2 is 1.73 bits per heavy atom. The van der Waals surface area contributed by atoms with Crippen LogP contribution in [0.3, 0.4) is 0 Å². The molecule has 2 amide bonds. The first kappa shape index (κ1) is 27.4. The number of imidazole rings is 1. The van der Waals surface area contributed by atoms with Crippen molar-refractivity contribution >= 4 is 17.5 Å². The molecule has 1 spiro atoms. The Morgan fingerprint density at radius 1 is 1.02 bits per heavy atom. The van der Waals surface area contributed by atoms with E-state index >= 15 is 0 Å². The van der Waals surface area contributed by atoms with Crippen molar-refractivity contribution in [1.29, 1.82) is 0 Å². The second kappa shape index (κ2) is 9.94. The van der Waals surface area contributed by atoms with E-state index in [2.05, 4.69) is 15.7 Å². The molecule has 2 unspecified atom stereocenters. The summed E-state index contributed by atoms with van der Waals surface area (Å²) in [6.45, 7) is 0. The highest BCUT2D eigenvalue weighted by molar-refractivity contribution is 5.83. The minimum absolute atomic E-state index is 0.0317. The third-order valence-corrected chi connectivity index (χ3v) is 9.47. The number of amides is 2. The Kier molecular flexibility index (Phi) is 6.80. The van der Waals surface area contributed by atoms with Crippen molar-refractivity contribution in [2.45, 2.75) is 101 Å². The number of fused-ring (bicyclic) bond motifs is 1. The second-order valence-corrected chi connectivity index (χ2v) is 12.4. The summed E-state index contributed by atoms with van der Waals surface area (Å²) in [7, 11) is 0. The zero-order chi connectivity index (χ0) is 28.3. The van der Waals surface area contributed by atoms with Gasteiger partial charge in [0.05, 0.1) is 36.6 Å². The molecule has 0 saturated heterocycles. The van der Waals surface area contributed by atoms with Crippen molar-refractivity contribution in [3.05, 3.63) is 29.7 Å². The van der Waals surface area contributed by atoms with Gasteiger partial charge in [0.15, 0.2) is 5.65 Å². The molecule has 218 valence electrons. The summed E-state index contributed by atoms with van der Waals surface area (Å²) in [6, 6.07) is 0.762. The molecule has 0 bridgehead atoms. The number of carbonyl (C=O) groups is 2. The predicted octanol–water partition coefficient (Wildman–Crippen LogP) is 5.81. The quantitative estimate of drug-likeness (QED) is 0.375. The standard InChI is InChI=1S/C28H34F5N5O2/c29-27(30)9-4-17(5-10-27)24(37-25(40)19-13-26(19)7-1-8-26)20-15-38-21(35-20)12-18(14-34-38)23(16-2-3-16)36-22(39)6-11-28(31,32)33/h12,14-17,19,23-24H,1-11,13H2,(H,36,39)(H,37,40)/t19?,23?,24-/m0/s1. The topological polar surface area (TPSA) is 88.4 Å². The minimum Gasteiger partial charge on any atom is -0.349 e. The Bertz CT molecular complexity index is 1280. The van der Waals surface area contributed by atoms with Crippen molar-refractivity contribution in [2.24, 2.45) is 23.2 Å². The monoisotopic (exact) mass is 567 g/mol. The largest absolute Gasteiger partial charge is 0.389 e. The molecule has 3 atom stereocenters. The Balaban J connectivity index is 1.22. The minimum atomic E-state index is -4.41. The van der Waals surface area contributed by atoms with Crippen molar-refractivity contribution < 1.29 is 31.5 Å². The zero-order valence-electron chi connectivity index (χ0n) is 22.2. The summed E-state index contributed by atoms with van der Waals surface area (Å²) in [6.07, 6.45) is 2.95. The SMILES string of the molecule is O=C(CCC(F)(F)F)NC(c1cnn2cc([C@@H](NC(=O)C3CC34CCC4)C3CCC(F)(F)CC3)nc2c1)C1CC1. The van der Waals surface area contributed by atoms with Gasteiger partial charge in [0.2, 0.25) is 17.7 Å². The van der Waals surface area contributed by atoms with E-state index in [-0.39, 0.29) is 54.8 Å². The van der Waals surface area contributed by atoms with E-state index < -0.39 is 42.9 Å². The van der Waals surface area contributed by atoms with Crippen LogP contribution in [0.5, 0.6) is 0 Å². The molecule has 0 aliphatic heterocycles. The van der Waals surface area contributed by atoms with E-state index in [0.717, 1.165) is 38.5 Å². The highest BCUT2D eigenvalue weighted by Gasteiger charge is 2.61. The number of hydrogen-bond acceptors (Lipinski definition) is 4. The first-order valence-corrected chi connectivity index (χ1v) is 14.3. The van der Waals surface area contributed by atoms with Gasteiger partial charge in [0, 0.05) is 25.2 Å². The second-order valence-electron chi connectivity index (χ2n) is 12.4. The average molecular weight is 568 g/mol. The van der Waals surface area contributed by atoms with Gasteiger partial charge in [-0.15, -0.1) is 0 Å². The van der Waals surface area contributed by atoms with E-state index in [9.17, 15) is 31.5 Å². The smallest absolute Gasteiger partial charge is 0.349 e. The maximum Gasteiger partial charge on any atom is 0.389 e. The highest BCUT2D eigenvalue weighted by Crippen LogP contribution is 2.65. The number of hydrogen-bond donors (Lipinski definition) is 2. The van der Waals surface area contributed by atoms with Crippen LogP contribution in [-0.2, 0) is 9.59 Å². The molecule has 0 aromatic carbocycles. The molecule has 4 aliphatic carbocycles. The molecule has 2 heterocycles. The molecule has 7 nitrogen and oxygen atoms in total. The fourth-order valence-corrected chi connectivity index (χ4v) is 6.62. The lowest BCUT2D eigenvalue weighted by molar-refractivity contribution is -0.144. The normalized spacial score (nSPS) is 25.3. The highest BCUT2D eigenvalue weighted by atomic mass is 19.4. The molecule has 0 radical (unpaired) electrons. The summed E-state index contributed by atoms with van der Waals surface area (Å²) in [4.78, 5) is 30.2. The van der Waals surface area contributed by atoms with Crippen LogP contribution in [0.25, 0.3) is 5.65 Å². The summed E-state index contributed by atoms with van der Waals surface area (Å²) in [5.41, 5.74) is 1.79. The predicted molar refractivity (Wildman–Crippen MR) is 134 cm³/mol. The van der Waals surface area contributed by atoms with Gasteiger partial charge in [-0.25, -0.2) is 18.3 Å². The van der Waals surface area contributed by atoms with Gasteiger partial charge in [-0.1, -0.05) is 6.42 Å². The van der Waals surface area contributed by atoms with Crippen LogP contribution in [0.2, 0.25) is 0 Å². The van der Waals surface area contributed by atoms with Gasteiger partial charge < -0.3 is 10.6 Å². The lowest BCUT2D eigenvalue weighted by Crippen LogP contribution is -2.39. The van der Waals surface area contributed by atoms with Gasteiger partial charge in [-0.2, -0.15) is 18.3 Å². The van der Waals surface area contributed by atoms with Crippen LogP contribution in [0, 0.1) is 23.2 Å². The van der Waals surface area contributed by atoms with Gasteiger partial charge in [-0.05, 0) is 73.8 Å². The molecular weight excluding hydrogens is 533 g/mol. The fourth-order valence-electron chi connectivity index (χ4n) is 6.62. The van der Waals surface area contributed by atoms with Crippen LogP contribution in [0.1, 0.15) is 100 Å². The molecular formula is C28H34F5N5O2. The van der Waals surface area contributed by atoms with Gasteiger partial charge in [0.25, 0.3) is 0 Å². The third-order valence-electron chi connectivity index (χ3n) is 9.47. The number of halogens is 5. The van der Waals surface area contributed by atoms with E-state index in [1.54, 1.807) is 23.0 Å². The first-order chi connectivity index (χ1) is 18.9. The lowest BCUT2D eigenvalue weighted by Gasteiger charge is -2.34. The van der Waals surface area contributed by atoms with Crippen LogP contribution in [0.15, 0.2) is 18.5 Å². The van der Waals surface area contributed by atoms with Gasteiger partial charge in [0.1, 0.15) is 0 Å². The van der Waals surface area contributed by atoms with E-state index in [1.165, 1.54) is 0 Å². The van der Waals surface area contributed by atoms with Crippen molar-refractivity contribution in [3.63, 3.8) is 0 Å². The fraction of sp³-hybridized carbons (Fsp3) is 0.714. The third kappa shape index (κ3) is 5.81. The van der Waals surface area contributed by atoms with Crippen LogP contribution in [0.4, 0.5) is 22.0 Å². The first-order valence-electron chi connectivity index (χ1n) is 14.3. The van der Waals surface area contributed by atoms with Crippen LogP contribution >= 0.6 is 0 Å². The van der Waals surface area contributed by atoms with E-state index in [0.29, 0.717) is 16.9 Å². The van der Waals surface area contributed by atoms with Crippen molar-refractivity contribution in [3.8, 4) is 0 Å². The number of nitrogens with one attached hydrogen (secondary N) is 2. The summed E-state index contributed by atoms with van der Waals surface area (Å²) in [5, 5.41) is 10.3. The summed E-state index contributed by atoms with van der Waals surface area (Å²) >= 11 is 0. The maximum absolute atomic E-state index is 14.0. The Morgan fingerprint density at radius 3 is 2.33 bits per heavy atom. The molecule has 40 heavy (non-hydrogen) atoms. The number of rotatable bonds is 9. The Labute approximate surface area is 228 Å². The number of aromatic nitrogens is 3. The van der Waals surface area contributed by atoms with Crippen molar-refractivity contribution in [1.82, 2.24) is 25.2 Å². The molecule has 4 fully saturated rings. The summed E-state index contributed by atoms with van der Waals surface area (Å²) in [5.74, 6) is -3.51. The number of nitrogens with zero attached hydrogens (tertiary/aromatic N) is 3. The molecule has 12 heteroatoms. The van der Waals surface area contributed by atoms with Crippen LogP contribution < -0.4 is 10.6 Å². The molecule has 2 N–H and O–H groups in total. The van der Waals surface area contributed by atoms with Crippen LogP contribution in [-0.4, -0.2) is 38.5 Å². The average Bonchev–Trinajstić information content (AvgIpc) is 3.79.